The minimum Gasteiger partial charge on any atom is -0.497 e. The molecule has 4 rings (SSSR count). The van der Waals surface area contributed by atoms with Crippen LogP contribution in [0.4, 0.5) is 0 Å². The highest BCUT2D eigenvalue weighted by molar-refractivity contribution is 5.45. The predicted molar refractivity (Wildman–Crippen MR) is 100 cm³/mol. The molecule has 1 aromatic carbocycles. The molecule has 2 aromatic heterocycles. The number of methoxy groups -OCH3 is 1. The summed E-state index contributed by atoms with van der Waals surface area (Å²) in [7, 11) is 1.63. The number of aromatic nitrogens is 3. The van der Waals surface area contributed by atoms with Gasteiger partial charge in [0.2, 0.25) is 0 Å². The molecule has 0 saturated heterocycles. The van der Waals surface area contributed by atoms with Crippen LogP contribution in [0.5, 0.6) is 5.75 Å². The number of benzene rings is 1. The summed E-state index contributed by atoms with van der Waals surface area (Å²) in [5, 5.41) is 23.9. The normalized spacial score (nSPS) is 14.3. The first-order chi connectivity index (χ1) is 13.0. The van der Waals surface area contributed by atoms with E-state index in [1.54, 1.807) is 14.0 Å². The molecule has 142 valence electrons. The highest BCUT2D eigenvalue weighted by Crippen LogP contribution is 2.39. The fraction of sp³-hybridized carbons (Fsp3) is 0.400. The summed E-state index contributed by atoms with van der Waals surface area (Å²) in [5.74, 6) is 1.21. The lowest BCUT2D eigenvalue weighted by Gasteiger charge is -2.17. The first kappa shape index (κ1) is 17.8. The fourth-order valence-corrected chi connectivity index (χ4v) is 3.51. The van der Waals surface area contributed by atoms with E-state index in [9.17, 15) is 15.0 Å². The zero-order valence-corrected chi connectivity index (χ0v) is 15.4. The van der Waals surface area contributed by atoms with Gasteiger partial charge in [-0.3, -0.25) is 4.79 Å². The second-order valence-electron chi connectivity index (χ2n) is 7.04. The summed E-state index contributed by atoms with van der Waals surface area (Å²) in [5.41, 5.74) is 2.78. The van der Waals surface area contributed by atoms with Crippen LogP contribution >= 0.6 is 0 Å². The Hall–Kier alpha value is -2.64. The lowest BCUT2D eigenvalue weighted by molar-refractivity contribution is -0.0447. The molecule has 27 heavy (non-hydrogen) atoms. The monoisotopic (exact) mass is 369 g/mol. The molecular formula is C20H23N3O4. The molecule has 0 aliphatic heterocycles. The maximum Gasteiger partial charge on any atom is 0.282 e. The predicted octanol–water partition coefficient (Wildman–Crippen LogP) is 1.92. The topological polar surface area (TPSA) is 89.0 Å². The van der Waals surface area contributed by atoms with Gasteiger partial charge in [-0.25, -0.2) is 0 Å². The van der Waals surface area contributed by atoms with E-state index in [2.05, 4.69) is 5.10 Å². The molecule has 1 fully saturated rings. The number of fused-ring (bicyclic) bond motifs is 1. The van der Waals surface area contributed by atoms with Crippen molar-refractivity contribution < 1.29 is 14.9 Å². The van der Waals surface area contributed by atoms with Crippen LogP contribution in [-0.2, 0) is 13.0 Å². The average Bonchev–Trinajstić information content (AvgIpc) is 3.41. The van der Waals surface area contributed by atoms with Crippen LogP contribution in [0.2, 0.25) is 0 Å². The Kier molecular flexibility index (Phi) is 4.49. The molecule has 1 saturated carbocycles. The maximum absolute atomic E-state index is 12.7. The van der Waals surface area contributed by atoms with Gasteiger partial charge in [0, 0.05) is 24.2 Å². The van der Waals surface area contributed by atoms with E-state index in [0.29, 0.717) is 23.8 Å². The van der Waals surface area contributed by atoms with E-state index in [4.69, 9.17) is 4.74 Å². The molecule has 0 unspecified atom stereocenters. The Balaban J connectivity index is 1.76. The van der Waals surface area contributed by atoms with Crippen LogP contribution in [0.25, 0.3) is 5.65 Å². The third kappa shape index (κ3) is 3.24. The fourth-order valence-electron chi connectivity index (χ4n) is 3.51. The second-order valence-corrected chi connectivity index (χ2v) is 7.04. The first-order valence-electron chi connectivity index (χ1n) is 9.11. The number of aliphatic hydroxyl groups is 2. The van der Waals surface area contributed by atoms with Gasteiger partial charge >= 0.3 is 0 Å². The van der Waals surface area contributed by atoms with Crippen LogP contribution in [-0.4, -0.2) is 31.5 Å². The van der Waals surface area contributed by atoms with Gasteiger partial charge in [0.25, 0.3) is 5.56 Å². The molecule has 7 heteroatoms. The molecular weight excluding hydrogens is 346 g/mol. The minimum absolute atomic E-state index is 0.0253. The molecule has 2 heterocycles. The average molecular weight is 369 g/mol. The Morgan fingerprint density at radius 2 is 1.96 bits per heavy atom. The van der Waals surface area contributed by atoms with Gasteiger partial charge in [-0.2, -0.15) is 9.61 Å². The summed E-state index contributed by atoms with van der Waals surface area (Å²) in [6, 6.07) is 9.78. The van der Waals surface area contributed by atoms with Crippen molar-refractivity contribution in [2.24, 2.45) is 0 Å². The van der Waals surface area contributed by atoms with Gasteiger partial charge in [-0.1, -0.05) is 12.1 Å². The molecule has 1 aliphatic carbocycles. The van der Waals surface area contributed by atoms with Crippen LogP contribution in [0, 0.1) is 6.92 Å². The number of hydrogen-bond acceptors (Lipinski definition) is 5. The number of aliphatic hydroxyl groups excluding tert-OH is 1. The number of rotatable bonds is 6. The van der Waals surface area contributed by atoms with Crippen LogP contribution in [0.1, 0.15) is 47.6 Å². The Morgan fingerprint density at radius 1 is 1.26 bits per heavy atom. The lowest BCUT2D eigenvalue weighted by atomic mass is 10.1. The van der Waals surface area contributed by atoms with E-state index in [0.717, 1.165) is 36.3 Å². The number of ether oxygens (including phenoxy) is 1. The van der Waals surface area contributed by atoms with Crippen molar-refractivity contribution in [2.75, 3.05) is 7.11 Å². The van der Waals surface area contributed by atoms with Crippen molar-refractivity contribution in [3.05, 3.63) is 63.2 Å². The largest absolute Gasteiger partial charge is 0.497 e. The summed E-state index contributed by atoms with van der Waals surface area (Å²) >= 11 is 0. The van der Waals surface area contributed by atoms with Crippen molar-refractivity contribution in [2.45, 2.75) is 44.9 Å². The van der Waals surface area contributed by atoms with E-state index < -0.39 is 11.8 Å². The van der Waals surface area contributed by atoms with Crippen LogP contribution < -0.4 is 10.3 Å². The van der Waals surface area contributed by atoms with E-state index in [-0.39, 0.29) is 5.56 Å². The molecule has 7 nitrogen and oxygen atoms in total. The van der Waals surface area contributed by atoms with Gasteiger partial charge in [-0.15, -0.1) is 0 Å². The first-order valence-corrected chi connectivity index (χ1v) is 9.11. The zero-order valence-electron chi connectivity index (χ0n) is 15.4. The van der Waals surface area contributed by atoms with Gasteiger partial charge in [0.1, 0.15) is 11.4 Å². The molecule has 0 spiro atoms. The molecule has 1 aliphatic rings. The quantitative estimate of drug-likeness (QED) is 0.648. The summed E-state index contributed by atoms with van der Waals surface area (Å²) < 4.78 is 8.44. The van der Waals surface area contributed by atoms with Crippen LogP contribution in [0.3, 0.4) is 0 Å². The summed E-state index contributed by atoms with van der Waals surface area (Å²) in [6.45, 7) is 2.34. The highest BCUT2D eigenvalue weighted by Gasteiger charge is 2.28. The van der Waals surface area contributed by atoms with Crippen molar-refractivity contribution in [1.29, 1.82) is 0 Å². The Labute approximate surface area is 156 Å². The second kappa shape index (κ2) is 6.83. The lowest BCUT2D eigenvalue weighted by Crippen LogP contribution is -2.28. The van der Waals surface area contributed by atoms with Gasteiger partial charge in [0.05, 0.1) is 18.4 Å². The third-order valence-electron chi connectivity index (χ3n) is 5.24. The minimum atomic E-state index is -1.83. The van der Waals surface area contributed by atoms with Crippen molar-refractivity contribution in [3.63, 3.8) is 0 Å². The molecule has 0 amide bonds. The smallest absolute Gasteiger partial charge is 0.282 e. The molecule has 2 N–H and O–H groups in total. The molecule has 0 bridgehead atoms. The Morgan fingerprint density at radius 3 is 2.56 bits per heavy atom. The van der Waals surface area contributed by atoms with Gasteiger partial charge in [0.15, 0.2) is 6.29 Å². The number of hydrogen-bond donors (Lipinski definition) is 2. The number of aryl methyl sites for hydroxylation is 2. The van der Waals surface area contributed by atoms with Crippen molar-refractivity contribution in [1.82, 2.24) is 14.2 Å². The standard InChI is InChI=1S/C20H23N3O4/c1-12-18(20(25)26)19(24)23-17(11-16(21-23)14-5-6-14)22(12)10-9-13-3-7-15(27-2)8-4-13/h3-4,7-8,11,14,20,25-26H,5-6,9-10H2,1-2H3. The zero-order chi connectivity index (χ0) is 19.1. The number of nitrogens with zero attached hydrogens (tertiary/aromatic N) is 3. The van der Waals surface area contributed by atoms with Gasteiger partial charge in [-0.05, 0) is 43.9 Å². The summed E-state index contributed by atoms with van der Waals surface area (Å²) in [6.07, 6.45) is 1.06. The molecule has 3 aromatic rings. The molecule has 0 atom stereocenters. The van der Waals surface area contributed by atoms with E-state index in [1.807, 2.05) is 34.9 Å². The Bertz CT molecular complexity index is 1030. The van der Waals surface area contributed by atoms with Gasteiger partial charge < -0.3 is 19.5 Å². The summed E-state index contributed by atoms with van der Waals surface area (Å²) in [4.78, 5) is 12.7. The third-order valence-corrected chi connectivity index (χ3v) is 5.24. The van der Waals surface area contributed by atoms with Crippen molar-refractivity contribution in [3.8, 4) is 5.75 Å². The van der Waals surface area contributed by atoms with E-state index >= 15 is 0 Å². The highest BCUT2D eigenvalue weighted by atomic mass is 16.5. The van der Waals surface area contributed by atoms with Crippen molar-refractivity contribution >= 4 is 5.65 Å². The SMILES string of the molecule is COc1ccc(CCn2c(C)c(C(O)O)c(=O)n3nc(C4CC4)cc23)cc1. The van der Waals surface area contributed by atoms with Crippen LogP contribution in [0.15, 0.2) is 35.1 Å². The van der Waals surface area contributed by atoms with E-state index in [1.165, 1.54) is 4.52 Å². The molecule has 0 radical (unpaired) electrons. The maximum atomic E-state index is 12.7.